The monoisotopic (exact) mass is 391 g/mol. The van der Waals surface area contributed by atoms with E-state index in [1.807, 2.05) is 4.90 Å². The van der Waals surface area contributed by atoms with Gasteiger partial charge in [-0.3, -0.25) is 4.79 Å². The van der Waals surface area contributed by atoms with Crippen molar-refractivity contribution < 1.29 is 4.79 Å². The Balaban J connectivity index is 1.70. The molecule has 0 saturated carbocycles. The van der Waals surface area contributed by atoms with Crippen LogP contribution in [0, 0.1) is 13.8 Å². The molecule has 4 aromatic rings. The summed E-state index contributed by atoms with van der Waals surface area (Å²) in [6.45, 7) is 4.84. The third-order valence-corrected chi connectivity index (χ3v) is 6.25. The van der Waals surface area contributed by atoms with Crippen molar-refractivity contribution in [2.24, 2.45) is 0 Å². The van der Waals surface area contributed by atoms with Gasteiger partial charge < -0.3 is 4.90 Å². The largest absolute Gasteiger partial charge is 0.308 e. The summed E-state index contributed by atoms with van der Waals surface area (Å²) in [5.74, 6) is 0.265. The van der Waals surface area contributed by atoms with Crippen molar-refractivity contribution in [2.45, 2.75) is 32.7 Å². The highest BCUT2D eigenvalue weighted by molar-refractivity contribution is 6.03. The first kappa shape index (κ1) is 18.6. The van der Waals surface area contributed by atoms with Crippen LogP contribution in [0.25, 0.3) is 10.8 Å². The summed E-state index contributed by atoms with van der Waals surface area (Å²) < 4.78 is 0. The molecule has 30 heavy (non-hydrogen) atoms. The second-order valence-corrected chi connectivity index (χ2v) is 8.30. The molecule has 0 fully saturated rings. The zero-order valence-electron chi connectivity index (χ0n) is 17.4. The molecule has 0 N–H and O–H groups in total. The highest BCUT2D eigenvalue weighted by Gasteiger charge is 2.34. The van der Waals surface area contributed by atoms with E-state index in [4.69, 9.17) is 0 Å². The number of aryl methyl sites for hydroxylation is 2. The van der Waals surface area contributed by atoms with E-state index in [0.717, 1.165) is 11.3 Å². The number of carbonyl (C=O) groups excluding carboxylic acids is 1. The quantitative estimate of drug-likeness (QED) is 0.389. The van der Waals surface area contributed by atoms with Crippen LogP contribution in [0.15, 0.2) is 84.9 Å². The molecule has 0 aliphatic carbocycles. The van der Waals surface area contributed by atoms with Crippen LogP contribution in [0.2, 0.25) is 0 Å². The van der Waals surface area contributed by atoms with Crippen molar-refractivity contribution >= 4 is 22.4 Å². The number of fused-ring (bicyclic) bond motifs is 3. The highest BCUT2D eigenvalue weighted by Crippen LogP contribution is 2.45. The molecule has 0 spiro atoms. The van der Waals surface area contributed by atoms with E-state index in [9.17, 15) is 4.79 Å². The average Bonchev–Trinajstić information content (AvgIpc) is 2.75. The van der Waals surface area contributed by atoms with E-state index < -0.39 is 0 Å². The Hall–Kier alpha value is -3.39. The second-order valence-electron chi connectivity index (χ2n) is 8.30. The number of hydrogen-bond acceptors (Lipinski definition) is 1. The molecule has 1 unspecified atom stereocenters. The van der Waals surface area contributed by atoms with Crippen LogP contribution in [0.4, 0.5) is 5.69 Å². The first-order chi connectivity index (χ1) is 14.6. The maximum absolute atomic E-state index is 13.4. The Bertz CT molecular complexity index is 1260. The molecule has 0 radical (unpaired) electrons. The first-order valence-corrected chi connectivity index (χ1v) is 10.5. The maximum atomic E-state index is 13.4. The van der Waals surface area contributed by atoms with Crippen LogP contribution in [0.3, 0.4) is 0 Å². The van der Waals surface area contributed by atoms with Gasteiger partial charge in [-0.1, -0.05) is 84.4 Å². The van der Waals surface area contributed by atoms with Crippen molar-refractivity contribution in [3.8, 4) is 0 Å². The van der Waals surface area contributed by atoms with E-state index in [0.29, 0.717) is 13.0 Å². The molecule has 1 amide bonds. The van der Waals surface area contributed by atoms with Crippen LogP contribution in [-0.2, 0) is 11.3 Å². The van der Waals surface area contributed by atoms with Gasteiger partial charge in [-0.2, -0.15) is 0 Å². The van der Waals surface area contributed by atoms with Gasteiger partial charge in [0.15, 0.2) is 0 Å². The molecule has 1 atom stereocenters. The summed E-state index contributed by atoms with van der Waals surface area (Å²) in [6.07, 6.45) is 0.498. The van der Waals surface area contributed by atoms with Crippen LogP contribution in [-0.4, -0.2) is 5.91 Å². The molecule has 4 aromatic carbocycles. The number of anilines is 1. The first-order valence-electron chi connectivity index (χ1n) is 10.5. The zero-order valence-corrected chi connectivity index (χ0v) is 17.4. The normalized spacial score (nSPS) is 16.0. The van der Waals surface area contributed by atoms with Gasteiger partial charge in [0.1, 0.15) is 0 Å². The summed E-state index contributed by atoms with van der Waals surface area (Å²) in [5.41, 5.74) is 7.18. The molecule has 1 aliphatic heterocycles. The molecule has 5 rings (SSSR count). The van der Waals surface area contributed by atoms with Crippen molar-refractivity contribution in [2.75, 3.05) is 4.90 Å². The number of benzene rings is 4. The molecule has 2 nitrogen and oxygen atoms in total. The maximum Gasteiger partial charge on any atom is 0.228 e. The SMILES string of the molecule is Cc1cccc(CN2C(=O)CC(c3ccccc3C)c3c2ccc2ccccc32)c1. The molecule has 0 aromatic heterocycles. The number of amides is 1. The van der Waals surface area contributed by atoms with E-state index in [1.54, 1.807) is 0 Å². The van der Waals surface area contributed by atoms with Gasteiger partial charge in [0.25, 0.3) is 0 Å². The Kier molecular flexibility index (Phi) is 4.63. The van der Waals surface area contributed by atoms with Gasteiger partial charge in [0.2, 0.25) is 5.91 Å². The third-order valence-electron chi connectivity index (χ3n) is 6.25. The Morgan fingerprint density at radius 2 is 1.67 bits per heavy atom. The third kappa shape index (κ3) is 3.19. The number of hydrogen-bond donors (Lipinski definition) is 0. The standard InChI is InChI=1S/C28H25NO/c1-19-8-7-10-21(16-19)18-29-26-15-14-22-11-4-6-13-24(22)28(26)25(17-27(29)30)23-12-5-3-9-20(23)2/h3-16,25H,17-18H2,1-2H3. The molecule has 1 heterocycles. The molecular weight excluding hydrogens is 366 g/mol. The van der Waals surface area contributed by atoms with Gasteiger partial charge in [-0.25, -0.2) is 0 Å². The summed E-state index contributed by atoms with van der Waals surface area (Å²) >= 11 is 0. The minimum atomic E-state index is 0.0774. The van der Waals surface area contributed by atoms with Gasteiger partial charge in [0.05, 0.1) is 6.54 Å². The topological polar surface area (TPSA) is 20.3 Å². The molecule has 0 saturated heterocycles. The lowest BCUT2D eigenvalue weighted by atomic mass is 9.79. The Morgan fingerprint density at radius 3 is 2.50 bits per heavy atom. The molecular formula is C28H25NO. The summed E-state index contributed by atoms with van der Waals surface area (Å²) in [5, 5.41) is 2.46. The minimum Gasteiger partial charge on any atom is -0.308 e. The lowest BCUT2D eigenvalue weighted by Crippen LogP contribution is -2.36. The van der Waals surface area contributed by atoms with E-state index in [-0.39, 0.29) is 11.8 Å². The van der Waals surface area contributed by atoms with Crippen molar-refractivity contribution in [1.29, 1.82) is 0 Å². The smallest absolute Gasteiger partial charge is 0.228 e. The van der Waals surface area contributed by atoms with Crippen LogP contribution in [0.1, 0.15) is 40.2 Å². The van der Waals surface area contributed by atoms with Gasteiger partial charge >= 0.3 is 0 Å². The van der Waals surface area contributed by atoms with Gasteiger partial charge in [-0.05, 0) is 52.9 Å². The predicted octanol–water partition coefficient (Wildman–Crippen LogP) is 6.53. The van der Waals surface area contributed by atoms with Crippen LogP contribution in [0.5, 0.6) is 0 Å². The lowest BCUT2D eigenvalue weighted by Gasteiger charge is -2.36. The average molecular weight is 392 g/mol. The molecule has 2 heteroatoms. The zero-order chi connectivity index (χ0) is 20.7. The Morgan fingerprint density at radius 1 is 0.867 bits per heavy atom. The molecule has 0 bridgehead atoms. The highest BCUT2D eigenvalue weighted by atomic mass is 16.2. The van der Waals surface area contributed by atoms with E-state index in [1.165, 1.54) is 33.0 Å². The fourth-order valence-electron chi connectivity index (χ4n) is 4.82. The van der Waals surface area contributed by atoms with Gasteiger partial charge in [0, 0.05) is 18.0 Å². The van der Waals surface area contributed by atoms with Crippen molar-refractivity contribution in [1.82, 2.24) is 0 Å². The summed E-state index contributed by atoms with van der Waals surface area (Å²) in [4.78, 5) is 15.4. The number of carbonyl (C=O) groups is 1. The van der Waals surface area contributed by atoms with Crippen LogP contribution >= 0.6 is 0 Å². The van der Waals surface area contributed by atoms with E-state index in [2.05, 4.69) is 98.8 Å². The number of nitrogens with zero attached hydrogens (tertiary/aromatic N) is 1. The summed E-state index contributed by atoms with van der Waals surface area (Å²) in [7, 11) is 0. The van der Waals surface area contributed by atoms with E-state index >= 15 is 0 Å². The predicted molar refractivity (Wildman–Crippen MR) is 124 cm³/mol. The summed E-state index contributed by atoms with van der Waals surface area (Å²) in [6, 6.07) is 29.7. The molecule has 148 valence electrons. The van der Waals surface area contributed by atoms with Crippen molar-refractivity contribution in [3.05, 3.63) is 113 Å². The fraction of sp³-hybridized carbons (Fsp3) is 0.179. The lowest BCUT2D eigenvalue weighted by molar-refractivity contribution is -0.119. The minimum absolute atomic E-state index is 0.0774. The van der Waals surface area contributed by atoms with Crippen LogP contribution < -0.4 is 4.90 Å². The van der Waals surface area contributed by atoms with Crippen molar-refractivity contribution in [3.63, 3.8) is 0 Å². The second kappa shape index (κ2) is 7.46. The fourth-order valence-corrected chi connectivity index (χ4v) is 4.82. The van der Waals surface area contributed by atoms with Gasteiger partial charge in [-0.15, -0.1) is 0 Å². The molecule has 1 aliphatic rings. The Labute approximate surface area is 177 Å². The number of rotatable bonds is 3.